The zero-order valence-corrected chi connectivity index (χ0v) is 8.10. The average Bonchev–Trinajstić information content (AvgIpc) is 2.55. The second-order valence-corrected chi connectivity index (χ2v) is 3.55. The Hall–Kier alpha value is -1.51. The van der Waals surface area contributed by atoms with Gasteiger partial charge in [-0.15, -0.1) is 0 Å². The standard InChI is InChI=1S/C11H13NO2/c1-2-9-7-8-5-3-4-6-10(8)12(9)11(13)14/h3-6,9H,2,7H2,1H3,(H,13,14). The molecule has 0 spiro atoms. The van der Waals surface area contributed by atoms with Gasteiger partial charge in [0.1, 0.15) is 0 Å². The van der Waals surface area contributed by atoms with Crippen LogP contribution in [0.4, 0.5) is 10.5 Å². The molecule has 0 aliphatic carbocycles. The third-order valence-corrected chi connectivity index (χ3v) is 2.75. The summed E-state index contributed by atoms with van der Waals surface area (Å²) in [5.41, 5.74) is 1.99. The van der Waals surface area contributed by atoms with E-state index >= 15 is 0 Å². The van der Waals surface area contributed by atoms with Crippen molar-refractivity contribution in [1.29, 1.82) is 0 Å². The molecular formula is C11H13NO2. The number of anilines is 1. The van der Waals surface area contributed by atoms with Crippen molar-refractivity contribution in [1.82, 2.24) is 0 Å². The van der Waals surface area contributed by atoms with Gasteiger partial charge in [0.15, 0.2) is 0 Å². The summed E-state index contributed by atoms with van der Waals surface area (Å²) in [4.78, 5) is 12.5. The van der Waals surface area contributed by atoms with Gasteiger partial charge in [-0.1, -0.05) is 25.1 Å². The van der Waals surface area contributed by atoms with Gasteiger partial charge in [-0.3, -0.25) is 4.90 Å². The molecule has 0 saturated heterocycles. The number of fused-ring (bicyclic) bond motifs is 1. The highest BCUT2D eigenvalue weighted by Gasteiger charge is 2.31. The van der Waals surface area contributed by atoms with Crippen LogP contribution in [0.25, 0.3) is 0 Å². The van der Waals surface area contributed by atoms with E-state index < -0.39 is 6.09 Å². The zero-order valence-electron chi connectivity index (χ0n) is 8.10. The van der Waals surface area contributed by atoms with Crippen molar-refractivity contribution in [2.75, 3.05) is 4.90 Å². The SMILES string of the molecule is CCC1Cc2ccccc2N1C(=O)O. The number of benzene rings is 1. The molecule has 74 valence electrons. The largest absolute Gasteiger partial charge is 0.465 e. The smallest absolute Gasteiger partial charge is 0.412 e. The van der Waals surface area contributed by atoms with E-state index in [0.29, 0.717) is 0 Å². The molecule has 1 atom stereocenters. The van der Waals surface area contributed by atoms with Crippen LogP contribution in [0.5, 0.6) is 0 Å². The van der Waals surface area contributed by atoms with E-state index in [9.17, 15) is 4.79 Å². The summed E-state index contributed by atoms with van der Waals surface area (Å²) in [5, 5.41) is 9.09. The Labute approximate surface area is 83.0 Å². The van der Waals surface area contributed by atoms with Gasteiger partial charge in [0.2, 0.25) is 0 Å². The van der Waals surface area contributed by atoms with Gasteiger partial charge >= 0.3 is 6.09 Å². The maximum Gasteiger partial charge on any atom is 0.412 e. The molecule has 1 heterocycles. The first kappa shape index (κ1) is 9.06. The number of hydrogen-bond acceptors (Lipinski definition) is 1. The van der Waals surface area contributed by atoms with E-state index in [0.717, 1.165) is 24.1 Å². The van der Waals surface area contributed by atoms with E-state index in [2.05, 4.69) is 0 Å². The summed E-state index contributed by atoms with van der Waals surface area (Å²) >= 11 is 0. The first-order valence-electron chi connectivity index (χ1n) is 4.84. The minimum Gasteiger partial charge on any atom is -0.465 e. The molecule has 1 N–H and O–H groups in total. The number of hydrogen-bond donors (Lipinski definition) is 1. The Morgan fingerprint density at radius 2 is 2.29 bits per heavy atom. The molecule has 1 aliphatic rings. The summed E-state index contributed by atoms with van der Waals surface area (Å²) < 4.78 is 0. The topological polar surface area (TPSA) is 40.5 Å². The zero-order chi connectivity index (χ0) is 10.1. The predicted octanol–water partition coefficient (Wildman–Crippen LogP) is 2.51. The molecular weight excluding hydrogens is 178 g/mol. The van der Waals surface area contributed by atoms with Crippen molar-refractivity contribution in [3.05, 3.63) is 29.8 Å². The summed E-state index contributed by atoms with van der Waals surface area (Å²) in [5.74, 6) is 0. The van der Waals surface area contributed by atoms with Crippen molar-refractivity contribution in [3.8, 4) is 0 Å². The number of nitrogens with zero attached hydrogens (tertiary/aromatic N) is 1. The van der Waals surface area contributed by atoms with Gasteiger partial charge in [0.05, 0.1) is 5.69 Å². The van der Waals surface area contributed by atoms with Crippen molar-refractivity contribution in [2.24, 2.45) is 0 Å². The molecule has 3 nitrogen and oxygen atoms in total. The number of carbonyl (C=O) groups is 1. The van der Waals surface area contributed by atoms with E-state index in [1.165, 1.54) is 4.90 Å². The second kappa shape index (κ2) is 3.33. The summed E-state index contributed by atoms with van der Waals surface area (Å²) in [6, 6.07) is 7.83. The highest BCUT2D eigenvalue weighted by molar-refractivity contribution is 5.89. The Morgan fingerprint density at radius 3 is 2.93 bits per heavy atom. The van der Waals surface area contributed by atoms with Crippen molar-refractivity contribution >= 4 is 11.8 Å². The van der Waals surface area contributed by atoms with E-state index in [4.69, 9.17) is 5.11 Å². The molecule has 0 saturated carbocycles. The van der Waals surface area contributed by atoms with Crippen LogP contribution >= 0.6 is 0 Å². The van der Waals surface area contributed by atoms with Crippen molar-refractivity contribution in [2.45, 2.75) is 25.8 Å². The van der Waals surface area contributed by atoms with Crippen LogP contribution in [0.2, 0.25) is 0 Å². The normalized spacial score (nSPS) is 19.5. The van der Waals surface area contributed by atoms with E-state index in [-0.39, 0.29) is 6.04 Å². The highest BCUT2D eigenvalue weighted by atomic mass is 16.4. The lowest BCUT2D eigenvalue weighted by Gasteiger charge is -2.20. The average molecular weight is 191 g/mol. The second-order valence-electron chi connectivity index (χ2n) is 3.55. The monoisotopic (exact) mass is 191 g/mol. The summed E-state index contributed by atoms with van der Waals surface area (Å²) in [7, 11) is 0. The van der Waals surface area contributed by atoms with Crippen LogP contribution < -0.4 is 4.90 Å². The molecule has 0 fully saturated rings. The maximum absolute atomic E-state index is 11.1. The van der Waals surface area contributed by atoms with Crippen LogP contribution in [-0.2, 0) is 6.42 Å². The summed E-state index contributed by atoms with van der Waals surface area (Å²) in [6.07, 6.45) is 0.863. The van der Waals surface area contributed by atoms with Gasteiger partial charge in [-0.25, -0.2) is 4.79 Å². The molecule has 0 radical (unpaired) electrons. The lowest BCUT2D eigenvalue weighted by molar-refractivity contribution is 0.199. The van der Waals surface area contributed by atoms with E-state index in [1.807, 2.05) is 31.2 Å². The van der Waals surface area contributed by atoms with Crippen LogP contribution in [0.1, 0.15) is 18.9 Å². The van der Waals surface area contributed by atoms with Gasteiger partial charge in [0, 0.05) is 6.04 Å². The minimum absolute atomic E-state index is 0.116. The molecule has 1 aliphatic heterocycles. The van der Waals surface area contributed by atoms with Crippen LogP contribution in [0.3, 0.4) is 0 Å². The summed E-state index contributed by atoms with van der Waals surface area (Å²) in [6.45, 7) is 2.02. The fourth-order valence-corrected chi connectivity index (χ4v) is 2.05. The molecule has 2 rings (SSSR count). The first-order chi connectivity index (χ1) is 6.74. The van der Waals surface area contributed by atoms with Gasteiger partial charge in [-0.2, -0.15) is 0 Å². The predicted molar refractivity (Wildman–Crippen MR) is 54.7 cm³/mol. The van der Waals surface area contributed by atoms with Crippen molar-refractivity contribution in [3.63, 3.8) is 0 Å². The fourth-order valence-electron chi connectivity index (χ4n) is 2.05. The molecule has 0 aromatic heterocycles. The number of amides is 1. The molecule has 0 bridgehead atoms. The maximum atomic E-state index is 11.1. The van der Waals surface area contributed by atoms with E-state index in [1.54, 1.807) is 0 Å². The van der Waals surface area contributed by atoms with Crippen molar-refractivity contribution < 1.29 is 9.90 Å². The Morgan fingerprint density at radius 1 is 1.57 bits per heavy atom. The molecule has 1 amide bonds. The fraction of sp³-hybridized carbons (Fsp3) is 0.364. The molecule has 1 aromatic rings. The highest BCUT2D eigenvalue weighted by Crippen LogP contribution is 2.32. The van der Waals surface area contributed by atoms with Gasteiger partial charge in [-0.05, 0) is 24.5 Å². The van der Waals surface area contributed by atoms with Crippen LogP contribution in [-0.4, -0.2) is 17.2 Å². The molecule has 14 heavy (non-hydrogen) atoms. The Bertz CT molecular complexity index is 362. The van der Waals surface area contributed by atoms with Crippen LogP contribution in [0.15, 0.2) is 24.3 Å². The minimum atomic E-state index is -0.846. The van der Waals surface area contributed by atoms with Gasteiger partial charge < -0.3 is 5.11 Å². The number of carboxylic acid groups (broad SMARTS) is 1. The molecule has 1 unspecified atom stereocenters. The third kappa shape index (κ3) is 1.25. The quantitative estimate of drug-likeness (QED) is 0.740. The Balaban J connectivity index is 2.42. The third-order valence-electron chi connectivity index (χ3n) is 2.75. The number of rotatable bonds is 1. The first-order valence-corrected chi connectivity index (χ1v) is 4.84. The Kier molecular flexibility index (Phi) is 2.15. The molecule has 3 heteroatoms. The number of para-hydroxylation sites is 1. The molecule has 1 aromatic carbocycles. The van der Waals surface area contributed by atoms with Gasteiger partial charge in [0.25, 0.3) is 0 Å². The van der Waals surface area contributed by atoms with Crippen LogP contribution in [0, 0.1) is 0 Å². The lowest BCUT2D eigenvalue weighted by atomic mass is 10.1. The lowest BCUT2D eigenvalue weighted by Crippen LogP contribution is -2.35.